The number of nitrogens with one attached hydrogen (secondary N) is 2. The van der Waals surface area contributed by atoms with Crippen molar-refractivity contribution in [1.82, 2.24) is 19.4 Å². The number of benzene rings is 1. The van der Waals surface area contributed by atoms with Crippen molar-refractivity contribution in [2.24, 2.45) is 5.92 Å². The number of nitriles is 1. The highest BCUT2D eigenvalue weighted by Crippen LogP contribution is 2.35. The van der Waals surface area contributed by atoms with E-state index in [0.717, 1.165) is 12.1 Å². The molecule has 1 aromatic carbocycles. The SMILES string of the molecule is N#Cc1cccc(NC(=O)Nc2ccc3n(c2=O)C[C@H]2C[C@@H]3CN(C(=O)c3cnccn3)C2)c1. The molecule has 3 amide bonds. The van der Waals surface area contributed by atoms with Crippen molar-refractivity contribution in [3.63, 3.8) is 0 Å². The summed E-state index contributed by atoms with van der Waals surface area (Å²) in [6.45, 7) is 1.50. The molecule has 2 aromatic heterocycles. The Labute approximate surface area is 194 Å². The van der Waals surface area contributed by atoms with Gasteiger partial charge in [-0.2, -0.15) is 5.26 Å². The molecule has 10 nitrogen and oxygen atoms in total. The van der Waals surface area contributed by atoms with Gasteiger partial charge in [0.1, 0.15) is 11.4 Å². The number of piperidine rings is 1. The number of carbonyl (C=O) groups is 2. The maximum atomic E-state index is 13.1. The van der Waals surface area contributed by atoms with Crippen LogP contribution in [0.1, 0.15) is 34.1 Å². The summed E-state index contributed by atoms with van der Waals surface area (Å²) >= 11 is 0. The van der Waals surface area contributed by atoms with Crippen LogP contribution in [0.4, 0.5) is 16.2 Å². The molecule has 2 aliphatic rings. The molecule has 34 heavy (non-hydrogen) atoms. The minimum absolute atomic E-state index is 0.0254. The van der Waals surface area contributed by atoms with E-state index < -0.39 is 6.03 Å². The number of fused-ring (bicyclic) bond motifs is 4. The number of rotatable bonds is 3. The van der Waals surface area contributed by atoms with Gasteiger partial charge in [0.2, 0.25) is 0 Å². The van der Waals surface area contributed by atoms with Gasteiger partial charge in [-0.05, 0) is 42.7 Å². The summed E-state index contributed by atoms with van der Waals surface area (Å²) in [6.07, 6.45) is 5.38. The van der Waals surface area contributed by atoms with Gasteiger partial charge in [-0.3, -0.25) is 14.6 Å². The number of likely N-dealkylation sites (tertiary alicyclic amines) is 1. The summed E-state index contributed by atoms with van der Waals surface area (Å²) in [7, 11) is 0. The molecule has 170 valence electrons. The summed E-state index contributed by atoms with van der Waals surface area (Å²) in [5.41, 5.74) is 1.94. The Morgan fingerprint density at radius 1 is 1.09 bits per heavy atom. The van der Waals surface area contributed by atoms with Crippen LogP contribution >= 0.6 is 0 Å². The molecule has 2 N–H and O–H groups in total. The molecule has 2 bridgehead atoms. The van der Waals surface area contributed by atoms with E-state index in [1.807, 2.05) is 12.1 Å². The highest BCUT2D eigenvalue weighted by Gasteiger charge is 2.37. The van der Waals surface area contributed by atoms with Crippen molar-refractivity contribution in [2.75, 3.05) is 23.7 Å². The maximum absolute atomic E-state index is 13.1. The standard InChI is InChI=1S/C24H21N7O3/c25-10-15-2-1-3-18(9-15)28-24(34)29-19-4-5-21-17-8-16(13-31(21)23(19)33)12-30(14-17)22(32)20-11-26-6-7-27-20/h1-7,9,11,16-17H,8,12-14H2,(H2,28,29,34)/t16-,17+/m0/s1. The van der Waals surface area contributed by atoms with Gasteiger partial charge in [0.25, 0.3) is 11.5 Å². The smallest absolute Gasteiger partial charge is 0.323 e. The number of anilines is 2. The lowest BCUT2D eigenvalue weighted by Crippen LogP contribution is -2.49. The van der Waals surface area contributed by atoms with E-state index in [2.05, 4.69) is 20.6 Å². The summed E-state index contributed by atoms with van der Waals surface area (Å²) in [5, 5.41) is 14.3. The van der Waals surface area contributed by atoms with Crippen molar-refractivity contribution in [3.8, 4) is 6.07 Å². The fourth-order valence-electron chi connectivity index (χ4n) is 4.73. The van der Waals surface area contributed by atoms with Crippen molar-refractivity contribution in [3.05, 3.63) is 82.3 Å². The second-order valence-electron chi connectivity index (χ2n) is 8.46. The van der Waals surface area contributed by atoms with Crippen LogP contribution in [-0.2, 0) is 6.54 Å². The van der Waals surface area contributed by atoms with Crippen molar-refractivity contribution < 1.29 is 9.59 Å². The Kier molecular flexibility index (Phi) is 5.51. The predicted octanol–water partition coefficient (Wildman–Crippen LogP) is 2.41. The molecular formula is C24H21N7O3. The lowest BCUT2D eigenvalue weighted by atomic mass is 9.83. The largest absolute Gasteiger partial charge is 0.336 e. The van der Waals surface area contributed by atoms with Crippen LogP contribution in [0.25, 0.3) is 0 Å². The van der Waals surface area contributed by atoms with Crippen molar-refractivity contribution in [2.45, 2.75) is 18.9 Å². The normalized spacial score (nSPS) is 18.4. The minimum Gasteiger partial charge on any atom is -0.336 e. The van der Waals surface area contributed by atoms with Crippen LogP contribution in [0.5, 0.6) is 0 Å². The van der Waals surface area contributed by atoms with Gasteiger partial charge in [-0.1, -0.05) is 6.07 Å². The predicted molar refractivity (Wildman–Crippen MR) is 123 cm³/mol. The van der Waals surface area contributed by atoms with Gasteiger partial charge >= 0.3 is 6.03 Å². The molecule has 3 aromatic rings. The molecule has 0 saturated carbocycles. The summed E-state index contributed by atoms with van der Waals surface area (Å²) in [4.78, 5) is 48.3. The van der Waals surface area contributed by atoms with E-state index in [9.17, 15) is 14.4 Å². The number of nitrogens with zero attached hydrogens (tertiary/aromatic N) is 5. The number of hydrogen-bond acceptors (Lipinski definition) is 6. The van der Waals surface area contributed by atoms with Crippen molar-refractivity contribution >= 4 is 23.3 Å². The molecule has 0 spiro atoms. The third kappa shape index (κ3) is 4.11. The van der Waals surface area contributed by atoms with Gasteiger partial charge in [-0.25, -0.2) is 9.78 Å². The summed E-state index contributed by atoms with van der Waals surface area (Å²) < 4.78 is 1.70. The first-order valence-corrected chi connectivity index (χ1v) is 10.9. The summed E-state index contributed by atoms with van der Waals surface area (Å²) in [6, 6.07) is 11.4. The van der Waals surface area contributed by atoms with Crippen molar-refractivity contribution in [1.29, 1.82) is 5.26 Å². The molecule has 0 radical (unpaired) electrons. The highest BCUT2D eigenvalue weighted by molar-refractivity contribution is 5.99. The fourth-order valence-corrected chi connectivity index (χ4v) is 4.73. The Hall–Kier alpha value is -4.52. The van der Waals surface area contributed by atoms with Gasteiger partial charge < -0.3 is 20.1 Å². The molecule has 4 heterocycles. The molecular weight excluding hydrogens is 434 g/mol. The van der Waals surface area contributed by atoms with E-state index >= 15 is 0 Å². The molecule has 1 saturated heterocycles. The highest BCUT2D eigenvalue weighted by atomic mass is 16.2. The molecule has 1 fully saturated rings. The van der Waals surface area contributed by atoms with Crippen LogP contribution in [0.2, 0.25) is 0 Å². The van der Waals surface area contributed by atoms with E-state index in [-0.39, 0.29) is 29.0 Å². The van der Waals surface area contributed by atoms with Crippen LogP contribution in [0, 0.1) is 17.2 Å². The number of carbonyl (C=O) groups excluding carboxylic acids is 2. The van der Waals surface area contributed by atoms with E-state index in [1.54, 1.807) is 39.8 Å². The maximum Gasteiger partial charge on any atom is 0.323 e. The zero-order valence-electron chi connectivity index (χ0n) is 18.1. The van der Waals surface area contributed by atoms with E-state index in [4.69, 9.17) is 5.26 Å². The molecule has 10 heteroatoms. The molecule has 0 aliphatic carbocycles. The van der Waals surface area contributed by atoms with Gasteiger partial charge in [0, 0.05) is 49.3 Å². The second kappa shape index (κ2) is 8.78. The first-order chi connectivity index (χ1) is 16.5. The van der Waals surface area contributed by atoms with Crippen LogP contribution in [0.3, 0.4) is 0 Å². The molecule has 5 rings (SSSR count). The lowest BCUT2D eigenvalue weighted by molar-refractivity contribution is 0.0588. The van der Waals surface area contributed by atoms with E-state index in [1.165, 1.54) is 18.6 Å². The van der Waals surface area contributed by atoms with Crippen LogP contribution < -0.4 is 16.2 Å². The number of amides is 3. The Balaban J connectivity index is 1.32. The number of urea groups is 1. The van der Waals surface area contributed by atoms with Gasteiger partial charge in [-0.15, -0.1) is 0 Å². The summed E-state index contributed by atoms with van der Waals surface area (Å²) in [5.74, 6) is -0.00573. The number of hydrogen-bond donors (Lipinski definition) is 2. The topological polar surface area (TPSA) is 133 Å². The van der Waals surface area contributed by atoms with E-state index in [0.29, 0.717) is 36.6 Å². The minimum atomic E-state index is -0.565. The first-order valence-electron chi connectivity index (χ1n) is 10.9. The second-order valence-corrected chi connectivity index (χ2v) is 8.46. The lowest BCUT2D eigenvalue weighted by Gasteiger charge is -2.42. The average Bonchev–Trinajstić information content (AvgIpc) is 2.86. The Morgan fingerprint density at radius 2 is 1.97 bits per heavy atom. The molecule has 0 unspecified atom stereocenters. The van der Waals surface area contributed by atoms with Gasteiger partial charge in [0.15, 0.2) is 0 Å². The van der Waals surface area contributed by atoms with Crippen LogP contribution in [0.15, 0.2) is 59.8 Å². The Bertz CT molecular complexity index is 1360. The third-order valence-electron chi connectivity index (χ3n) is 6.17. The molecule has 2 aliphatic heterocycles. The third-order valence-corrected chi connectivity index (χ3v) is 6.17. The molecule has 2 atom stereocenters. The first kappa shape index (κ1) is 21.3. The Morgan fingerprint density at radius 3 is 2.76 bits per heavy atom. The zero-order chi connectivity index (χ0) is 23.7. The number of pyridine rings is 1. The van der Waals surface area contributed by atoms with Crippen LogP contribution in [-0.4, -0.2) is 44.5 Å². The fraction of sp³-hybridized carbons (Fsp3) is 0.250. The van der Waals surface area contributed by atoms with Gasteiger partial charge in [0.05, 0.1) is 17.8 Å². The quantitative estimate of drug-likeness (QED) is 0.623. The average molecular weight is 455 g/mol. The zero-order valence-corrected chi connectivity index (χ0v) is 18.1. The number of aromatic nitrogens is 3. The monoisotopic (exact) mass is 455 g/mol.